The number of ether oxygens (including phenoxy) is 1. The van der Waals surface area contributed by atoms with Crippen LogP contribution in [0.2, 0.25) is 10.0 Å². The fourth-order valence-electron chi connectivity index (χ4n) is 2.68. The van der Waals surface area contributed by atoms with Crippen LogP contribution in [0, 0.1) is 12.7 Å². The largest absolute Gasteiger partial charge is 0.456 e. The molecule has 1 aliphatic carbocycles. The van der Waals surface area contributed by atoms with Crippen molar-refractivity contribution in [3.8, 4) is 11.5 Å². The van der Waals surface area contributed by atoms with Crippen LogP contribution in [-0.4, -0.2) is 19.2 Å². The molecule has 1 aliphatic rings. The molecule has 0 fully saturated rings. The molecule has 0 atom stereocenters. The number of rotatable bonds is 4. The topological polar surface area (TPSA) is 72.5 Å². The molecule has 150 valence electrons. The number of amides is 1. The van der Waals surface area contributed by atoms with E-state index in [-0.39, 0.29) is 32.6 Å². The van der Waals surface area contributed by atoms with Crippen molar-refractivity contribution in [3.05, 3.63) is 81.2 Å². The highest BCUT2D eigenvalue weighted by Crippen LogP contribution is 2.35. The second-order valence-electron chi connectivity index (χ2n) is 6.16. The zero-order chi connectivity index (χ0) is 21.1. The van der Waals surface area contributed by atoms with Crippen molar-refractivity contribution >= 4 is 44.3 Å². The maximum absolute atomic E-state index is 13.4. The minimum atomic E-state index is -2.39. The van der Waals surface area contributed by atoms with Gasteiger partial charge in [0.1, 0.15) is 22.9 Å². The Bertz CT molecular complexity index is 1200. The molecule has 9 heteroatoms. The molecule has 5 nitrogen and oxygen atoms in total. The maximum Gasteiger partial charge on any atom is 0.260 e. The van der Waals surface area contributed by atoms with Crippen LogP contribution < -0.4 is 10.1 Å². The highest BCUT2D eigenvalue weighted by molar-refractivity contribution is 7.73. The number of halogens is 3. The third kappa shape index (κ3) is 5.06. The van der Waals surface area contributed by atoms with E-state index >= 15 is 0 Å². The van der Waals surface area contributed by atoms with E-state index in [9.17, 15) is 17.6 Å². The molecule has 0 saturated heterocycles. The number of nitrogens with one attached hydrogen (secondary N) is 1. The molecular weight excluding hydrogens is 440 g/mol. The van der Waals surface area contributed by atoms with Gasteiger partial charge in [-0.15, -0.1) is 0 Å². The summed E-state index contributed by atoms with van der Waals surface area (Å²) in [6.07, 6.45) is 4.59. The molecular formula is C20H14Cl2FNO4S. The molecule has 2 aromatic carbocycles. The van der Waals surface area contributed by atoms with E-state index in [0.717, 1.165) is 0 Å². The molecule has 0 aliphatic heterocycles. The summed E-state index contributed by atoms with van der Waals surface area (Å²) >= 11 is 12.3. The predicted molar refractivity (Wildman–Crippen MR) is 111 cm³/mol. The zero-order valence-corrected chi connectivity index (χ0v) is 17.3. The predicted octanol–water partition coefficient (Wildman–Crippen LogP) is 4.86. The van der Waals surface area contributed by atoms with Crippen LogP contribution in [0.1, 0.15) is 22.3 Å². The smallest absolute Gasteiger partial charge is 0.260 e. The highest BCUT2D eigenvalue weighted by atomic mass is 35.5. The number of aryl methyl sites for hydroxylation is 1. The molecule has 3 rings (SSSR count). The molecule has 0 heterocycles. The van der Waals surface area contributed by atoms with Gasteiger partial charge in [-0.3, -0.25) is 4.79 Å². The SMILES string of the molecule is Cc1cc(F)ccc1Oc1cc(Cl)cc(Cl)c1C(=O)NC1=CC=CC(=S(=O)=O)C1. The van der Waals surface area contributed by atoms with Crippen LogP contribution in [0.5, 0.6) is 11.5 Å². The van der Waals surface area contributed by atoms with Gasteiger partial charge in [0, 0.05) is 23.2 Å². The lowest BCUT2D eigenvalue weighted by molar-refractivity contribution is 0.0963. The highest BCUT2D eigenvalue weighted by Gasteiger charge is 2.21. The van der Waals surface area contributed by atoms with Gasteiger partial charge < -0.3 is 10.1 Å². The van der Waals surface area contributed by atoms with E-state index in [0.29, 0.717) is 17.0 Å². The first kappa shape index (κ1) is 21.1. The Morgan fingerprint density at radius 3 is 2.62 bits per heavy atom. The van der Waals surface area contributed by atoms with E-state index in [4.69, 9.17) is 27.9 Å². The average molecular weight is 454 g/mol. The Morgan fingerprint density at radius 2 is 1.93 bits per heavy atom. The fourth-order valence-corrected chi connectivity index (χ4v) is 3.71. The number of benzene rings is 2. The van der Waals surface area contributed by atoms with Crippen LogP contribution in [0.25, 0.3) is 0 Å². The molecule has 2 aromatic rings. The van der Waals surface area contributed by atoms with Gasteiger partial charge in [0.05, 0.1) is 9.89 Å². The van der Waals surface area contributed by atoms with Crippen molar-refractivity contribution in [1.29, 1.82) is 0 Å². The summed E-state index contributed by atoms with van der Waals surface area (Å²) < 4.78 is 41.4. The lowest BCUT2D eigenvalue weighted by Gasteiger charge is -2.16. The third-order valence-corrected chi connectivity index (χ3v) is 5.26. The van der Waals surface area contributed by atoms with Crippen molar-refractivity contribution < 1.29 is 22.3 Å². The standard InChI is InChI=1S/C20H14Cl2FNO4S/c1-11-7-13(23)5-6-17(11)28-18-9-12(21)8-16(22)19(18)20(25)24-14-3-2-4-15(10-14)29(26)27/h2-9H,10H2,1H3,(H,24,25). The Balaban J connectivity index is 1.94. The van der Waals surface area contributed by atoms with Crippen LogP contribution in [0.15, 0.2) is 54.3 Å². The van der Waals surface area contributed by atoms with Crippen molar-refractivity contribution in [3.63, 3.8) is 0 Å². The van der Waals surface area contributed by atoms with Crippen LogP contribution in [0.4, 0.5) is 4.39 Å². The van der Waals surface area contributed by atoms with Crippen molar-refractivity contribution in [2.45, 2.75) is 13.3 Å². The molecule has 1 N–H and O–H groups in total. The van der Waals surface area contributed by atoms with Gasteiger partial charge in [-0.2, -0.15) is 8.42 Å². The fraction of sp³-hybridized carbons (Fsp3) is 0.100. The van der Waals surface area contributed by atoms with Gasteiger partial charge in [0.25, 0.3) is 5.91 Å². The number of hydrogen-bond acceptors (Lipinski definition) is 4. The first-order valence-corrected chi connectivity index (χ1v) is 10.1. The van der Waals surface area contributed by atoms with E-state index in [1.807, 2.05) is 0 Å². The monoisotopic (exact) mass is 453 g/mol. The van der Waals surface area contributed by atoms with E-state index in [2.05, 4.69) is 5.32 Å². The van der Waals surface area contributed by atoms with Crippen molar-refractivity contribution in [1.82, 2.24) is 5.32 Å². The summed E-state index contributed by atoms with van der Waals surface area (Å²) in [4.78, 5) is 13.0. The third-order valence-electron chi connectivity index (χ3n) is 4.04. The lowest BCUT2D eigenvalue weighted by atomic mass is 10.1. The summed E-state index contributed by atoms with van der Waals surface area (Å²) in [6.45, 7) is 1.66. The number of allylic oxidation sites excluding steroid dienone is 4. The van der Waals surface area contributed by atoms with Gasteiger partial charge in [0.15, 0.2) is 0 Å². The summed E-state index contributed by atoms with van der Waals surface area (Å²) in [5, 5.41) is 2.94. The summed E-state index contributed by atoms with van der Waals surface area (Å²) in [6, 6.07) is 6.77. The van der Waals surface area contributed by atoms with Gasteiger partial charge in [-0.25, -0.2) is 4.39 Å². The Hall–Kier alpha value is -2.61. The molecule has 1 amide bonds. The van der Waals surface area contributed by atoms with Crippen LogP contribution in [0.3, 0.4) is 0 Å². The van der Waals surface area contributed by atoms with E-state index in [1.165, 1.54) is 42.5 Å². The second-order valence-corrected chi connectivity index (χ2v) is 7.99. The first-order chi connectivity index (χ1) is 13.7. The van der Waals surface area contributed by atoms with Crippen LogP contribution >= 0.6 is 23.2 Å². The lowest BCUT2D eigenvalue weighted by Crippen LogP contribution is -2.26. The number of carbonyl (C=O) groups is 1. The minimum Gasteiger partial charge on any atom is -0.456 e. The van der Waals surface area contributed by atoms with Crippen molar-refractivity contribution in [2.75, 3.05) is 0 Å². The molecule has 29 heavy (non-hydrogen) atoms. The molecule has 0 spiro atoms. The molecule has 0 saturated carbocycles. The van der Waals surface area contributed by atoms with Gasteiger partial charge in [-0.1, -0.05) is 29.3 Å². The first-order valence-electron chi connectivity index (χ1n) is 8.31. The summed E-state index contributed by atoms with van der Waals surface area (Å²) in [5.74, 6) is -0.606. The quantitative estimate of drug-likeness (QED) is 0.670. The second kappa shape index (κ2) is 8.82. The maximum atomic E-state index is 13.4. The minimum absolute atomic E-state index is 0.0139. The molecule has 0 unspecified atom stereocenters. The van der Waals surface area contributed by atoms with E-state index in [1.54, 1.807) is 13.0 Å². The normalized spacial score (nSPS) is 13.1. The van der Waals surface area contributed by atoms with Crippen molar-refractivity contribution in [2.24, 2.45) is 0 Å². The summed E-state index contributed by atoms with van der Waals surface area (Å²) in [7, 11) is -2.39. The molecule has 0 aromatic heterocycles. The molecule has 0 bridgehead atoms. The van der Waals surface area contributed by atoms with E-state index < -0.39 is 22.0 Å². The van der Waals surface area contributed by atoms with Crippen LogP contribution in [-0.2, 0) is 10.3 Å². The summed E-state index contributed by atoms with van der Waals surface area (Å²) in [5.41, 5.74) is 0.913. The molecule has 0 radical (unpaired) electrons. The Kier molecular flexibility index (Phi) is 6.42. The Morgan fingerprint density at radius 1 is 1.17 bits per heavy atom. The number of hydrogen-bond donors (Lipinski definition) is 1. The van der Waals surface area contributed by atoms with Gasteiger partial charge in [0.2, 0.25) is 10.3 Å². The zero-order valence-electron chi connectivity index (χ0n) is 15.0. The number of carbonyl (C=O) groups excluding carboxylic acids is 1. The van der Waals surface area contributed by atoms with Gasteiger partial charge in [-0.05, 0) is 48.9 Å². The average Bonchev–Trinajstić information content (AvgIpc) is 2.63. The Labute approximate surface area is 177 Å². The van der Waals surface area contributed by atoms with Gasteiger partial charge >= 0.3 is 0 Å².